The first-order valence-corrected chi connectivity index (χ1v) is 6.79. The lowest BCUT2D eigenvalue weighted by molar-refractivity contribution is 0.311. The third kappa shape index (κ3) is 5.91. The fraction of sp³-hybridized carbons (Fsp3) is 0.538. The Balaban J connectivity index is 2.13. The first kappa shape index (κ1) is 15.6. The zero-order chi connectivity index (χ0) is 13.4. The van der Waals surface area contributed by atoms with Gasteiger partial charge >= 0.3 is 0 Å². The number of halogens is 2. The van der Waals surface area contributed by atoms with Crippen LogP contribution in [0.15, 0.2) is 18.2 Å². The molecule has 0 atom stereocenters. The summed E-state index contributed by atoms with van der Waals surface area (Å²) >= 11 is 11.9. The lowest BCUT2D eigenvalue weighted by Gasteiger charge is -2.11. The van der Waals surface area contributed by atoms with Gasteiger partial charge in [0.15, 0.2) is 0 Å². The van der Waals surface area contributed by atoms with E-state index in [4.69, 9.17) is 27.9 Å². The quantitative estimate of drug-likeness (QED) is 0.745. The summed E-state index contributed by atoms with van der Waals surface area (Å²) in [5.74, 6) is 0.638. The van der Waals surface area contributed by atoms with E-state index in [-0.39, 0.29) is 0 Å². The summed E-state index contributed by atoms with van der Waals surface area (Å²) in [6.07, 6.45) is 1.13. The summed E-state index contributed by atoms with van der Waals surface area (Å²) in [5.41, 5.74) is 0. The van der Waals surface area contributed by atoms with Crippen LogP contribution in [0.25, 0.3) is 0 Å². The van der Waals surface area contributed by atoms with Crippen LogP contribution in [0.2, 0.25) is 10.0 Å². The average Bonchev–Trinajstić information content (AvgIpc) is 2.32. The van der Waals surface area contributed by atoms with E-state index in [0.29, 0.717) is 22.4 Å². The van der Waals surface area contributed by atoms with Crippen LogP contribution in [0, 0.1) is 0 Å². The largest absolute Gasteiger partial charge is 0.491 e. The van der Waals surface area contributed by atoms with Crippen molar-refractivity contribution >= 4 is 23.2 Å². The summed E-state index contributed by atoms with van der Waals surface area (Å²) in [5, 5.41) is 4.32. The van der Waals surface area contributed by atoms with Gasteiger partial charge in [-0.1, -0.05) is 29.3 Å². The first-order valence-electron chi connectivity index (χ1n) is 6.03. The molecule has 0 amide bonds. The maximum absolute atomic E-state index is 6.01. The van der Waals surface area contributed by atoms with Gasteiger partial charge in [0.25, 0.3) is 0 Å². The molecule has 0 saturated heterocycles. The van der Waals surface area contributed by atoms with Gasteiger partial charge in [0.2, 0.25) is 0 Å². The summed E-state index contributed by atoms with van der Waals surface area (Å²) < 4.78 is 5.56. The number of hydrogen-bond acceptors (Lipinski definition) is 3. The van der Waals surface area contributed by atoms with Gasteiger partial charge in [0, 0.05) is 6.54 Å². The van der Waals surface area contributed by atoms with E-state index in [1.807, 2.05) is 12.1 Å². The molecule has 0 aliphatic rings. The van der Waals surface area contributed by atoms with Gasteiger partial charge in [-0.05, 0) is 45.7 Å². The molecule has 1 aromatic rings. The van der Waals surface area contributed by atoms with Crippen LogP contribution in [-0.4, -0.2) is 45.2 Å². The minimum Gasteiger partial charge on any atom is -0.491 e. The molecule has 0 aliphatic carbocycles. The molecule has 3 nitrogen and oxygen atoms in total. The highest BCUT2D eigenvalue weighted by molar-refractivity contribution is 6.42. The van der Waals surface area contributed by atoms with E-state index in [1.165, 1.54) is 0 Å². The van der Waals surface area contributed by atoms with E-state index >= 15 is 0 Å². The van der Waals surface area contributed by atoms with Crippen LogP contribution in [-0.2, 0) is 0 Å². The number of nitrogens with zero attached hydrogens (tertiary/aromatic N) is 1. The Hall–Kier alpha value is -0.480. The highest BCUT2D eigenvalue weighted by Crippen LogP contribution is 2.31. The smallest absolute Gasteiger partial charge is 0.139 e. The molecule has 18 heavy (non-hydrogen) atoms. The standard InChI is InChI=1S/C13H20Cl2N2O/c1-17(2)9-4-7-16-8-10-18-12-6-3-5-11(14)13(12)15/h3,5-6,16H,4,7-10H2,1-2H3. The molecule has 0 saturated carbocycles. The highest BCUT2D eigenvalue weighted by atomic mass is 35.5. The molecule has 0 aromatic heterocycles. The summed E-state index contributed by atoms with van der Waals surface area (Å²) in [4.78, 5) is 2.17. The monoisotopic (exact) mass is 290 g/mol. The van der Waals surface area contributed by atoms with Crippen LogP contribution < -0.4 is 10.1 Å². The molecule has 0 fully saturated rings. The van der Waals surface area contributed by atoms with Gasteiger partial charge in [-0.2, -0.15) is 0 Å². The molecule has 0 radical (unpaired) electrons. The third-order valence-corrected chi connectivity index (χ3v) is 3.21. The van der Waals surface area contributed by atoms with Crippen molar-refractivity contribution < 1.29 is 4.74 Å². The van der Waals surface area contributed by atoms with Crippen LogP contribution in [0.5, 0.6) is 5.75 Å². The normalized spacial score (nSPS) is 10.9. The van der Waals surface area contributed by atoms with E-state index < -0.39 is 0 Å². The maximum Gasteiger partial charge on any atom is 0.139 e. The number of hydrogen-bond donors (Lipinski definition) is 1. The zero-order valence-electron chi connectivity index (χ0n) is 10.9. The molecule has 102 valence electrons. The van der Waals surface area contributed by atoms with Gasteiger partial charge < -0.3 is 15.0 Å². The number of rotatable bonds is 8. The van der Waals surface area contributed by atoms with Crippen molar-refractivity contribution in [1.82, 2.24) is 10.2 Å². The van der Waals surface area contributed by atoms with Crippen LogP contribution >= 0.6 is 23.2 Å². The van der Waals surface area contributed by atoms with Crippen molar-refractivity contribution in [2.24, 2.45) is 0 Å². The summed E-state index contributed by atoms with van der Waals surface area (Å²) in [6.45, 7) is 3.47. The van der Waals surface area contributed by atoms with Crippen molar-refractivity contribution in [3.05, 3.63) is 28.2 Å². The minimum atomic E-state index is 0.478. The molecule has 5 heteroatoms. The van der Waals surface area contributed by atoms with Crippen LogP contribution in [0.1, 0.15) is 6.42 Å². The van der Waals surface area contributed by atoms with Crippen molar-refractivity contribution in [3.8, 4) is 5.75 Å². The van der Waals surface area contributed by atoms with Crippen LogP contribution in [0.4, 0.5) is 0 Å². The Morgan fingerprint density at radius 1 is 1.22 bits per heavy atom. The van der Waals surface area contributed by atoms with E-state index in [9.17, 15) is 0 Å². The fourth-order valence-electron chi connectivity index (χ4n) is 1.47. The minimum absolute atomic E-state index is 0.478. The summed E-state index contributed by atoms with van der Waals surface area (Å²) in [6, 6.07) is 5.39. The molecule has 0 heterocycles. The Bertz CT molecular complexity index is 359. The zero-order valence-corrected chi connectivity index (χ0v) is 12.4. The predicted molar refractivity (Wildman–Crippen MR) is 78.0 cm³/mol. The van der Waals surface area contributed by atoms with Crippen molar-refractivity contribution in [1.29, 1.82) is 0 Å². The van der Waals surface area contributed by atoms with Gasteiger partial charge in [-0.15, -0.1) is 0 Å². The Morgan fingerprint density at radius 3 is 2.72 bits per heavy atom. The van der Waals surface area contributed by atoms with E-state index in [0.717, 1.165) is 26.1 Å². The fourth-order valence-corrected chi connectivity index (χ4v) is 1.82. The number of nitrogens with one attached hydrogen (secondary N) is 1. The van der Waals surface area contributed by atoms with Gasteiger partial charge in [0.1, 0.15) is 17.4 Å². The molecular weight excluding hydrogens is 271 g/mol. The van der Waals surface area contributed by atoms with Gasteiger partial charge in [-0.3, -0.25) is 0 Å². The van der Waals surface area contributed by atoms with E-state index in [1.54, 1.807) is 6.07 Å². The second-order valence-corrected chi connectivity index (χ2v) is 5.09. The number of benzene rings is 1. The molecule has 0 bridgehead atoms. The Morgan fingerprint density at radius 2 is 2.00 bits per heavy atom. The second-order valence-electron chi connectivity index (χ2n) is 4.31. The topological polar surface area (TPSA) is 24.5 Å². The maximum atomic E-state index is 6.01. The molecular formula is C13H20Cl2N2O. The highest BCUT2D eigenvalue weighted by Gasteiger charge is 2.04. The lowest BCUT2D eigenvalue weighted by Crippen LogP contribution is -2.25. The molecule has 1 aromatic carbocycles. The second kappa shape index (κ2) is 8.59. The van der Waals surface area contributed by atoms with Gasteiger partial charge in [0.05, 0.1) is 5.02 Å². The molecule has 0 unspecified atom stereocenters. The first-order chi connectivity index (χ1) is 8.61. The predicted octanol–water partition coefficient (Wildman–Crippen LogP) is 2.91. The van der Waals surface area contributed by atoms with Gasteiger partial charge in [-0.25, -0.2) is 0 Å². The SMILES string of the molecule is CN(C)CCCNCCOc1cccc(Cl)c1Cl. The molecule has 1 rings (SSSR count). The van der Waals surface area contributed by atoms with E-state index in [2.05, 4.69) is 24.3 Å². The summed E-state index contributed by atoms with van der Waals surface area (Å²) in [7, 11) is 4.15. The number of ether oxygens (including phenoxy) is 1. The average molecular weight is 291 g/mol. The third-order valence-electron chi connectivity index (χ3n) is 2.41. The van der Waals surface area contributed by atoms with Crippen molar-refractivity contribution in [3.63, 3.8) is 0 Å². The Labute approximate surface area is 119 Å². The molecule has 0 aliphatic heterocycles. The Kier molecular flexibility index (Phi) is 7.44. The van der Waals surface area contributed by atoms with Crippen molar-refractivity contribution in [2.75, 3.05) is 40.3 Å². The van der Waals surface area contributed by atoms with Crippen LogP contribution in [0.3, 0.4) is 0 Å². The lowest BCUT2D eigenvalue weighted by atomic mass is 10.3. The molecule has 1 N–H and O–H groups in total. The molecule has 0 spiro atoms. The van der Waals surface area contributed by atoms with Crippen molar-refractivity contribution in [2.45, 2.75) is 6.42 Å².